The number of anilines is 1. The van der Waals surface area contributed by atoms with Gasteiger partial charge in [0.2, 0.25) is 0 Å². The minimum absolute atomic E-state index is 0.911. The van der Waals surface area contributed by atoms with E-state index in [9.17, 15) is 0 Å². The Morgan fingerprint density at radius 2 is 2.00 bits per heavy atom. The highest BCUT2D eigenvalue weighted by Gasteiger charge is 2.08. The monoisotopic (exact) mass is 263 g/mol. The van der Waals surface area contributed by atoms with Gasteiger partial charge >= 0.3 is 0 Å². The molecule has 0 fully saturated rings. The first-order valence-electron chi connectivity index (χ1n) is 7.56. The number of hydrogen-bond donors (Lipinski definition) is 1. The SMILES string of the molecule is CCCCCN(C)c1cc(C)ncc1CNCCC. The Bertz CT molecular complexity index is 363. The Hall–Kier alpha value is -1.09. The van der Waals surface area contributed by atoms with E-state index in [4.69, 9.17) is 0 Å². The first-order valence-corrected chi connectivity index (χ1v) is 7.56. The molecular weight excluding hydrogens is 234 g/mol. The van der Waals surface area contributed by atoms with Crippen molar-refractivity contribution in [2.45, 2.75) is 53.0 Å². The molecule has 0 aliphatic heterocycles. The van der Waals surface area contributed by atoms with Gasteiger partial charge in [-0.05, 0) is 32.4 Å². The van der Waals surface area contributed by atoms with Gasteiger partial charge in [-0.3, -0.25) is 4.98 Å². The van der Waals surface area contributed by atoms with E-state index in [0.717, 1.165) is 25.3 Å². The maximum atomic E-state index is 4.43. The van der Waals surface area contributed by atoms with E-state index in [1.54, 1.807) is 0 Å². The van der Waals surface area contributed by atoms with Crippen LogP contribution in [-0.2, 0) is 6.54 Å². The molecule has 0 aromatic carbocycles. The molecule has 1 aromatic heterocycles. The fraction of sp³-hybridized carbons (Fsp3) is 0.688. The number of unbranched alkanes of at least 4 members (excludes halogenated alkanes) is 2. The Morgan fingerprint density at radius 3 is 2.68 bits per heavy atom. The van der Waals surface area contributed by atoms with Crippen molar-refractivity contribution in [1.29, 1.82) is 0 Å². The Labute approximate surface area is 118 Å². The van der Waals surface area contributed by atoms with Crippen molar-refractivity contribution in [2.75, 3.05) is 25.0 Å². The molecule has 108 valence electrons. The molecule has 0 aliphatic rings. The molecular formula is C16H29N3. The molecule has 0 saturated heterocycles. The van der Waals surface area contributed by atoms with Gasteiger partial charge in [0.1, 0.15) is 0 Å². The van der Waals surface area contributed by atoms with E-state index in [1.165, 1.54) is 36.9 Å². The van der Waals surface area contributed by atoms with Crippen molar-refractivity contribution in [2.24, 2.45) is 0 Å². The van der Waals surface area contributed by atoms with E-state index in [2.05, 4.69) is 49.1 Å². The summed E-state index contributed by atoms with van der Waals surface area (Å²) in [4.78, 5) is 6.80. The second kappa shape index (κ2) is 8.92. The molecule has 1 aromatic rings. The first-order chi connectivity index (χ1) is 9.19. The molecule has 3 nitrogen and oxygen atoms in total. The smallest absolute Gasteiger partial charge is 0.0442 e. The molecule has 0 aliphatic carbocycles. The van der Waals surface area contributed by atoms with Gasteiger partial charge in [0.05, 0.1) is 0 Å². The third kappa shape index (κ3) is 5.60. The molecule has 1 rings (SSSR count). The van der Waals surface area contributed by atoms with Gasteiger partial charge in [0, 0.05) is 43.3 Å². The van der Waals surface area contributed by atoms with Gasteiger partial charge in [0.25, 0.3) is 0 Å². The number of aromatic nitrogens is 1. The Balaban J connectivity index is 2.69. The number of rotatable bonds is 9. The van der Waals surface area contributed by atoms with Crippen LogP contribution in [0.25, 0.3) is 0 Å². The average molecular weight is 263 g/mol. The van der Waals surface area contributed by atoms with Crippen molar-refractivity contribution in [3.63, 3.8) is 0 Å². The highest BCUT2D eigenvalue weighted by Crippen LogP contribution is 2.20. The van der Waals surface area contributed by atoms with E-state index in [1.807, 2.05) is 6.20 Å². The topological polar surface area (TPSA) is 28.2 Å². The lowest BCUT2D eigenvalue weighted by atomic mass is 10.1. The van der Waals surface area contributed by atoms with Crippen LogP contribution >= 0.6 is 0 Å². The van der Waals surface area contributed by atoms with Gasteiger partial charge in [-0.1, -0.05) is 26.7 Å². The molecule has 0 spiro atoms. The number of nitrogens with zero attached hydrogens (tertiary/aromatic N) is 2. The zero-order valence-corrected chi connectivity index (χ0v) is 13.0. The summed E-state index contributed by atoms with van der Waals surface area (Å²) in [6.45, 7) is 9.60. The van der Waals surface area contributed by atoms with Gasteiger partial charge < -0.3 is 10.2 Å². The molecule has 1 heterocycles. The number of pyridine rings is 1. The molecule has 1 N–H and O–H groups in total. The summed E-state index contributed by atoms with van der Waals surface area (Å²) in [5, 5.41) is 3.47. The predicted octanol–water partition coefficient (Wildman–Crippen LogP) is 3.52. The van der Waals surface area contributed by atoms with E-state index >= 15 is 0 Å². The zero-order chi connectivity index (χ0) is 14.1. The summed E-state index contributed by atoms with van der Waals surface area (Å²) in [6.07, 6.45) is 7.02. The molecule has 0 amide bonds. The van der Waals surface area contributed by atoms with Crippen LogP contribution in [0.1, 0.15) is 50.8 Å². The summed E-state index contributed by atoms with van der Waals surface area (Å²) < 4.78 is 0. The molecule has 0 atom stereocenters. The van der Waals surface area contributed by atoms with Gasteiger partial charge in [-0.25, -0.2) is 0 Å². The lowest BCUT2D eigenvalue weighted by Crippen LogP contribution is -2.23. The standard InChI is InChI=1S/C16H29N3/c1-5-7-8-10-19(4)16-11-14(3)18-13-15(16)12-17-9-6-2/h11,13,17H,5-10,12H2,1-4H3. The maximum Gasteiger partial charge on any atom is 0.0442 e. The van der Waals surface area contributed by atoms with E-state index in [0.29, 0.717) is 0 Å². The quantitative estimate of drug-likeness (QED) is 0.691. The fourth-order valence-electron chi connectivity index (χ4n) is 2.18. The van der Waals surface area contributed by atoms with Crippen molar-refractivity contribution >= 4 is 5.69 Å². The lowest BCUT2D eigenvalue weighted by molar-refractivity contribution is 0.667. The highest BCUT2D eigenvalue weighted by atomic mass is 15.1. The predicted molar refractivity (Wildman–Crippen MR) is 83.8 cm³/mol. The van der Waals surface area contributed by atoms with E-state index < -0.39 is 0 Å². The third-order valence-electron chi connectivity index (χ3n) is 3.35. The van der Waals surface area contributed by atoms with Crippen LogP contribution < -0.4 is 10.2 Å². The number of aryl methyl sites for hydroxylation is 1. The first kappa shape index (κ1) is 16.0. The largest absolute Gasteiger partial charge is 0.374 e. The van der Waals surface area contributed by atoms with Crippen LogP contribution in [0.5, 0.6) is 0 Å². The molecule has 0 bridgehead atoms. The van der Waals surface area contributed by atoms with Crippen molar-refractivity contribution in [3.8, 4) is 0 Å². The highest BCUT2D eigenvalue weighted by molar-refractivity contribution is 5.53. The fourth-order valence-corrected chi connectivity index (χ4v) is 2.18. The summed E-state index contributed by atoms with van der Waals surface area (Å²) >= 11 is 0. The normalized spacial score (nSPS) is 10.7. The van der Waals surface area contributed by atoms with Crippen molar-refractivity contribution in [3.05, 3.63) is 23.5 Å². The molecule has 0 saturated carbocycles. The number of nitrogens with one attached hydrogen (secondary N) is 1. The van der Waals surface area contributed by atoms with E-state index in [-0.39, 0.29) is 0 Å². The summed E-state index contributed by atoms with van der Waals surface area (Å²) in [5.41, 5.74) is 3.72. The molecule has 3 heteroatoms. The Kier molecular flexibility index (Phi) is 7.49. The van der Waals surface area contributed by atoms with Gasteiger partial charge in [-0.2, -0.15) is 0 Å². The molecule has 19 heavy (non-hydrogen) atoms. The maximum absolute atomic E-state index is 4.43. The minimum atomic E-state index is 0.911. The van der Waals surface area contributed by atoms with Crippen LogP contribution in [0.2, 0.25) is 0 Å². The van der Waals surface area contributed by atoms with Crippen LogP contribution in [0.4, 0.5) is 5.69 Å². The second-order valence-electron chi connectivity index (χ2n) is 5.26. The van der Waals surface area contributed by atoms with Gasteiger partial charge in [-0.15, -0.1) is 0 Å². The van der Waals surface area contributed by atoms with Crippen molar-refractivity contribution in [1.82, 2.24) is 10.3 Å². The second-order valence-corrected chi connectivity index (χ2v) is 5.26. The van der Waals surface area contributed by atoms with Gasteiger partial charge in [0.15, 0.2) is 0 Å². The van der Waals surface area contributed by atoms with Crippen LogP contribution in [0.3, 0.4) is 0 Å². The lowest BCUT2D eigenvalue weighted by Gasteiger charge is -2.23. The third-order valence-corrected chi connectivity index (χ3v) is 3.35. The molecule has 0 unspecified atom stereocenters. The average Bonchev–Trinajstić information content (AvgIpc) is 2.40. The molecule has 0 radical (unpaired) electrons. The number of hydrogen-bond acceptors (Lipinski definition) is 3. The Morgan fingerprint density at radius 1 is 1.21 bits per heavy atom. The minimum Gasteiger partial charge on any atom is -0.374 e. The zero-order valence-electron chi connectivity index (χ0n) is 13.0. The van der Waals surface area contributed by atoms with Crippen LogP contribution in [0.15, 0.2) is 12.3 Å². The van der Waals surface area contributed by atoms with Crippen LogP contribution in [0, 0.1) is 6.92 Å². The van der Waals surface area contributed by atoms with Crippen LogP contribution in [-0.4, -0.2) is 25.1 Å². The summed E-state index contributed by atoms with van der Waals surface area (Å²) in [6, 6.07) is 2.20. The van der Waals surface area contributed by atoms with Crippen molar-refractivity contribution < 1.29 is 0 Å². The summed E-state index contributed by atoms with van der Waals surface area (Å²) in [7, 11) is 2.19. The summed E-state index contributed by atoms with van der Waals surface area (Å²) in [5.74, 6) is 0.